The van der Waals surface area contributed by atoms with Crippen molar-refractivity contribution in [2.45, 2.75) is 66.4 Å². The molecular formula is C25H30BrNO3. The molecule has 0 radical (unpaired) electrons. The second-order valence-corrected chi connectivity index (χ2v) is 9.35. The van der Waals surface area contributed by atoms with Crippen LogP contribution in [0.1, 0.15) is 69.9 Å². The summed E-state index contributed by atoms with van der Waals surface area (Å²) in [6, 6.07) is 5.46. The fourth-order valence-corrected chi connectivity index (χ4v) is 4.83. The van der Waals surface area contributed by atoms with Crippen molar-refractivity contribution < 1.29 is 14.7 Å². The zero-order valence-electron chi connectivity index (χ0n) is 18.6. The van der Waals surface area contributed by atoms with Crippen LogP contribution in [-0.4, -0.2) is 23.3 Å². The summed E-state index contributed by atoms with van der Waals surface area (Å²) >= 11 is 3.44. The molecule has 2 aromatic rings. The second kappa shape index (κ2) is 8.27. The number of unbranched alkanes of at least 4 members (excludes halogenated alkanes) is 1. The van der Waals surface area contributed by atoms with Crippen LogP contribution in [0.4, 0.5) is 5.69 Å². The zero-order valence-corrected chi connectivity index (χ0v) is 20.2. The highest BCUT2D eigenvalue weighted by Gasteiger charge is 2.51. The van der Waals surface area contributed by atoms with Crippen LogP contribution in [0.5, 0.6) is 0 Å². The molecular weight excluding hydrogens is 442 g/mol. The number of carbonyl (C=O) groups excluding carboxylic acids is 2. The van der Waals surface area contributed by atoms with Gasteiger partial charge in [0.1, 0.15) is 0 Å². The molecule has 1 heterocycles. The average Bonchev–Trinajstić information content (AvgIpc) is 2.90. The van der Waals surface area contributed by atoms with Crippen LogP contribution in [0.3, 0.4) is 0 Å². The molecule has 160 valence electrons. The van der Waals surface area contributed by atoms with Gasteiger partial charge in [0.2, 0.25) is 0 Å². The molecule has 0 spiro atoms. The molecule has 1 atom stereocenters. The highest BCUT2D eigenvalue weighted by Crippen LogP contribution is 2.44. The number of hydrogen-bond donors (Lipinski definition) is 1. The number of aliphatic hydroxyl groups is 1. The predicted molar refractivity (Wildman–Crippen MR) is 124 cm³/mol. The van der Waals surface area contributed by atoms with Crippen molar-refractivity contribution >= 4 is 33.3 Å². The monoisotopic (exact) mass is 471 g/mol. The minimum atomic E-state index is -1.85. The number of rotatable bonds is 6. The Morgan fingerprint density at radius 2 is 1.60 bits per heavy atom. The summed E-state index contributed by atoms with van der Waals surface area (Å²) in [4.78, 5) is 28.4. The summed E-state index contributed by atoms with van der Waals surface area (Å²) in [7, 11) is 0. The van der Waals surface area contributed by atoms with Gasteiger partial charge in [-0.2, -0.15) is 0 Å². The SMILES string of the molecule is CCCCN1C(=O)[C@@](O)(CC(=O)c2c(C)c(C)c(C)c(C)c2C)c2cc(Br)ccc21. The molecule has 0 fully saturated rings. The number of ketones is 1. The first-order chi connectivity index (χ1) is 14.0. The summed E-state index contributed by atoms with van der Waals surface area (Å²) < 4.78 is 0.770. The van der Waals surface area contributed by atoms with Crippen molar-refractivity contribution in [1.82, 2.24) is 0 Å². The lowest BCUT2D eigenvalue weighted by Gasteiger charge is -2.24. The van der Waals surface area contributed by atoms with Gasteiger partial charge in [-0.05, 0) is 87.1 Å². The van der Waals surface area contributed by atoms with Gasteiger partial charge in [0, 0.05) is 22.1 Å². The maximum Gasteiger partial charge on any atom is 0.264 e. The number of Topliss-reactive ketones (excluding diaryl/α,β-unsaturated/α-hetero) is 1. The zero-order chi connectivity index (χ0) is 22.4. The first-order valence-electron chi connectivity index (χ1n) is 10.5. The summed E-state index contributed by atoms with van der Waals surface area (Å²) in [5, 5.41) is 11.6. The number of carbonyl (C=O) groups is 2. The molecule has 0 bridgehead atoms. The minimum absolute atomic E-state index is 0.199. The maximum atomic E-state index is 13.5. The van der Waals surface area contributed by atoms with Gasteiger partial charge in [-0.1, -0.05) is 29.3 Å². The van der Waals surface area contributed by atoms with Gasteiger partial charge in [-0.15, -0.1) is 0 Å². The van der Waals surface area contributed by atoms with Crippen LogP contribution in [0.15, 0.2) is 22.7 Å². The Hall–Kier alpha value is -1.98. The van der Waals surface area contributed by atoms with E-state index in [0.717, 1.165) is 39.6 Å². The first kappa shape index (κ1) is 22.7. The summed E-state index contributed by atoms with van der Waals surface area (Å²) in [5.74, 6) is -0.608. The summed E-state index contributed by atoms with van der Waals surface area (Å²) in [6.45, 7) is 12.6. The molecule has 0 saturated carbocycles. The maximum absolute atomic E-state index is 13.5. The Morgan fingerprint density at radius 1 is 1.03 bits per heavy atom. The van der Waals surface area contributed by atoms with E-state index in [1.807, 2.05) is 39.8 Å². The molecule has 0 unspecified atom stereocenters. The lowest BCUT2D eigenvalue weighted by atomic mass is 9.82. The van der Waals surface area contributed by atoms with Gasteiger partial charge in [-0.3, -0.25) is 9.59 Å². The standard InChI is InChI=1S/C25H30BrNO3/c1-7-8-11-27-21-10-9-19(26)12-20(21)25(30,24(27)29)13-22(28)23-17(5)15(3)14(2)16(4)18(23)6/h9-10,12,30H,7-8,11,13H2,1-6H3/t25-/m1/s1. The number of fused-ring (bicyclic) bond motifs is 1. The van der Waals surface area contributed by atoms with E-state index in [4.69, 9.17) is 0 Å². The minimum Gasteiger partial charge on any atom is -0.375 e. The highest BCUT2D eigenvalue weighted by molar-refractivity contribution is 9.10. The van der Waals surface area contributed by atoms with E-state index in [0.29, 0.717) is 23.4 Å². The van der Waals surface area contributed by atoms with E-state index in [1.54, 1.807) is 11.0 Å². The van der Waals surface area contributed by atoms with E-state index in [-0.39, 0.29) is 12.2 Å². The largest absolute Gasteiger partial charge is 0.375 e. The molecule has 0 saturated heterocycles. The van der Waals surface area contributed by atoms with Crippen LogP contribution >= 0.6 is 15.9 Å². The van der Waals surface area contributed by atoms with Gasteiger partial charge in [0.05, 0.1) is 12.1 Å². The van der Waals surface area contributed by atoms with E-state index in [1.165, 1.54) is 5.56 Å². The fraction of sp³-hybridized carbons (Fsp3) is 0.440. The van der Waals surface area contributed by atoms with Gasteiger partial charge in [0.25, 0.3) is 5.91 Å². The van der Waals surface area contributed by atoms with Crippen molar-refractivity contribution in [3.8, 4) is 0 Å². The molecule has 1 N–H and O–H groups in total. The molecule has 0 aliphatic carbocycles. The summed E-state index contributed by atoms with van der Waals surface area (Å²) in [5.41, 5.74) is 5.16. The number of benzene rings is 2. The lowest BCUT2D eigenvalue weighted by Crippen LogP contribution is -2.42. The topological polar surface area (TPSA) is 57.6 Å². The quantitative estimate of drug-likeness (QED) is 0.557. The highest BCUT2D eigenvalue weighted by atomic mass is 79.9. The third-order valence-corrected chi connectivity index (χ3v) is 7.22. The Bertz CT molecular complexity index is 1010. The van der Waals surface area contributed by atoms with Gasteiger partial charge in [0.15, 0.2) is 11.4 Å². The van der Waals surface area contributed by atoms with Crippen LogP contribution in [0, 0.1) is 34.6 Å². The fourth-order valence-electron chi connectivity index (χ4n) is 4.47. The molecule has 1 amide bonds. The van der Waals surface area contributed by atoms with Crippen LogP contribution < -0.4 is 4.90 Å². The smallest absolute Gasteiger partial charge is 0.264 e. The molecule has 0 aromatic heterocycles. The van der Waals surface area contributed by atoms with Crippen molar-refractivity contribution in [2.75, 3.05) is 11.4 Å². The van der Waals surface area contributed by atoms with Gasteiger partial charge < -0.3 is 10.0 Å². The van der Waals surface area contributed by atoms with Crippen molar-refractivity contribution in [3.63, 3.8) is 0 Å². The van der Waals surface area contributed by atoms with E-state index < -0.39 is 11.5 Å². The normalized spacial score (nSPS) is 18.1. The molecule has 1 aliphatic rings. The molecule has 3 rings (SSSR count). The van der Waals surface area contributed by atoms with E-state index in [9.17, 15) is 14.7 Å². The van der Waals surface area contributed by atoms with Crippen LogP contribution in [0.25, 0.3) is 0 Å². The number of amides is 1. The number of halogens is 1. The van der Waals surface area contributed by atoms with Gasteiger partial charge >= 0.3 is 0 Å². The Balaban J connectivity index is 2.08. The second-order valence-electron chi connectivity index (χ2n) is 8.43. The molecule has 5 heteroatoms. The molecule has 2 aromatic carbocycles. The Morgan fingerprint density at radius 3 is 2.17 bits per heavy atom. The number of nitrogens with zero attached hydrogens (tertiary/aromatic N) is 1. The van der Waals surface area contributed by atoms with Crippen molar-refractivity contribution in [1.29, 1.82) is 0 Å². The number of anilines is 1. The molecule has 30 heavy (non-hydrogen) atoms. The first-order valence-corrected chi connectivity index (χ1v) is 11.3. The summed E-state index contributed by atoms with van der Waals surface area (Å²) in [6.07, 6.45) is 1.51. The molecule has 1 aliphatic heterocycles. The Labute approximate surface area is 187 Å². The van der Waals surface area contributed by atoms with E-state index >= 15 is 0 Å². The van der Waals surface area contributed by atoms with Crippen LogP contribution in [-0.2, 0) is 10.4 Å². The van der Waals surface area contributed by atoms with Crippen molar-refractivity contribution in [2.24, 2.45) is 0 Å². The van der Waals surface area contributed by atoms with Crippen LogP contribution in [0.2, 0.25) is 0 Å². The Kier molecular flexibility index (Phi) is 6.26. The average molecular weight is 472 g/mol. The van der Waals surface area contributed by atoms with E-state index in [2.05, 4.69) is 29.8 Å². The molecule has 4 nitrogen and oxygen atoms in total. The predicted octanol–water partition coefficient (Wildman–Crippen LogP) is 5.60. The van der Waals surface area contributed by atoms with Crippen molar-refractivity contribution in [3.05, 3.63) is 61.6 Å². The van der Waals surface area contributed by atoms with Gasteiger partial charge in [-0.25, -0.2) is 0 Å². The number of hydrogen-bond acceptors (Lipinski definition) is 3. The third-order valence-electron chi connectivity index (χ3n) is 6.72. The third kappa shape index (κ3) is 3.52. The lowest BCUT2D eigenvalue weighted by molar-refractivity contribution is -0.135.